The fraction of sp³-hybridized carbons (Fsp3) is 0.128. The molecule has 0 radical (unpaired) electrons. The van der Waals surface area contributed by atoms with Gasteiger partial charge < -0.3 is 112 Å². The van der Waals surface area contributed by atoms with Crippen molar-refractivity contribution < 1.29 is 189 Å². The second-order valence-electron chi connectivity index (χ2n) is 25.0. The number of nitrogens with zero attached hydrogens (tertiary/aromatic N) is 8. The van der Waals surface area contributed by atoms with Crippen molar-refractivity contribution in [1.82, 2.24) is 39.9 Å². The van der Waals surface area contributed by atoms with Gasteiger partial charge in [-0.1, -0.05) is 121 Å². The molecule has 8 heterocycles. The third-order valence-corrected chi connectivity index (χ3v) is 15.7. The van der Waals surface area contributed by atoms with Crippen LogP contribution in [-0.2, 0) is 67.3 Å². The van der Waals surface area contributed by atoms with Crippen molar-refractivity contribution in [2.75, 3.05) is 0 Å². The Labute approximate surface area is 789 Å². The summed E-state index contributed by atoms with van der Waals surface area (Å²) in [6.45, 7) is 0. The van der Waals surface area contributed by atoms with Gasteiger partial charge in [0, 0.05) is 85.4 Å². The number of phenols is 6. The molecule has 30 nitrogen and oxygen atoms in total. The number of pyridine rings is 8. The molecule has 6 aromatic carbocycles. The Morgan fingerprint density at radius 1 is 0.183 bits per heavy atom. The Bertz CT molecular complexity index is 4270. The second kappa shape index (κ2) is 69.0. The summed E-state index contributed by atoms with van der Waals surface area (Å²) in [4.78, 5) is 94.0. The molecule has 660 valence electrons. The maximum Gasteiger partial charge on any atom is 3.00 e. The number of benzene rings is 6. The molecule has 8 aromatic heterocycles. The molecule has 0 unspecified atom stereocenters. The molecule has 0 saturated carbocycles. The summed E-state index contributed by atoms with van der Waals surface area (Å²) in [7, 11) is 0. The van der Waals surface area contributed by atoms with Gasteiger partial charge in [-0.15, -0.1) is 0 Å². The number of carboxylic acid groups (broad SMARTS) is 6. The van der Waals surface area contributed by atoms with E-state index in [1.165, 1.54) is 72.8 Å². The first-order valence-corrected chi connectivity index (χ1v) is 37.1. The van der Waals surface area contributed by atoms with Crippen molar-refractivity contribution in [3.63, 3.8) is 0 Å². The number of hydrogen-bond acceptors (Lipinski definition) is 26. The van der Waals surface area contributed by atoms with Crippen molar-refractivity contribution in [3.05, 3.63) is 374 Å². The van der Waals surface area contributed by atoms with Crippen molar-refractivity contribution in [1.29, 1.82) is 0 Å². The van der Waals surface area contributed by atoms with Gasteiger partial charge >= 0.3 is 77.2 Å². The Balaban J connectivity index is 0. The number of aliphatic carboxylic acids is 6. The zero-order chi connectivity index (χ0) is 86.8. The molecule has 0 aliphatic carbocycles. The van der Waals surface area contributed by atoms with Gasteiger partial charge in [-0.05, 0) is 280 Å². The molecule has 0 spiro atoms. The molecule has 14 rings (SSSR count). The topological polar surface area (TPSA) is 591 Å². The van der Waals surface area contributed by atoms with Crippen LogP contribution >= 0.6 is 0 Å². The molecule has 0 atom stereocenters. The number of aromatic hydroxyl groups is 6. The van der Waals surface area contributed by atoms with Crippen LogP contribution < -0.4 is 30.6 Å². The summed E-state index contributed by atoms with van der Waals surface area (Å²) in [6, 6.07) is 85.1. The molecule has 126 heavy (non-hydrogen) atoms. The third kappa shape index (κ3) is 54.1. The van der Waals surface area contributed by atoms with Crippen molar-refractivity contribution >= 4 is 35.8 Å². The van der Waals surface area contributed by atoms with Crippen molar-refractivity contribution in [3.8, 4) is 80.0 Å². The summed E-state index contributed by atoms with van der Waals surface area (Å²) < 4.78 is 0. The Kier molecular flexibility index (Phi) is 62.8. The largest absolute Gasteiger partial charge is 3.00 e. The van der Waals surface area contributed by atoms with E-state index in [1.54, 1.807) is 122 Å². The maximum absolute atomic E-state index is 10.1. The molecule has 0 aliphatic rings. The molecule has 0 aliphatic heterocycles. The normalized spacial score (nSPS) is 9.21. The first-order chi connectivity index (χ1) is 58.0. The number of phenolic OH excluding ortho intramolecular Hbond substituents is 6. The molecule has 0 amide bonds. The van der Waals surface area contributed by atoms with Gasteiger partial charge in [0.1, 0.15) is 34.5 Å². The number of carbonyl (C=O) groups is 6. The van der Waals surface area contributed by atoms with E-state index in [9.17, 15) is 59.4 Å². The summed E-state index contributed by atoms with van der Waals surface area (Å²) in [5.41, 5.74) is 12.6. The van der Waals surface area contributed by atoms with Crippen molar-refractivity contribution in [2.45, 2.75) is 77.0 Å². The van der Waals surface area contributed by atoms with Gasteiger partial charge in [0.25, 0.3) is 0 Å². The predicted octanol–water partition coefficient (Wildman–Crippen LogP) is 5.72. The van der Waals surface area contributed by atoms with E-state index >= 15 is 0 Å². The number of aryl methyl sites for hydroxylation is 6. The standard InChI is InChI=1S/4C10H8N2.6C9H10O3.4H2O.2Tb/c4*1-3-7-11-9(5-1)10-6-2-4-8-12-10;6*10-8-4-1-7(2-5-8)3-6-9(11)12;;;;;;/h4*1-8H;6*1-2,4-5,10H,3,6H2,(H,11,12);4*1H2;;/q;;;;;;;;;;;;;;2*+3/p-6. The third-order valence-electron chi connectivity index (χ3n) is 15.7. The van der Waals surface area contributed by atoms with Crippen LogP contribution in [0, 0.1) is 77.2 Å². The minimum Gasteiger partial charge on any atom is -0.550 e. The predicted molar refractivity (Wildman–Crippen MR) is 453 cm³/mol. The van der Waals surface area contributed by atoms with E-state index < -0.39 is 35.8 Å². The minimum absolute atomic E-state index is 0. The fourth-order valence-corrected chi connectivity index (χ4v) is 9.57. The van der Waals surface area contributed by atoms with Crippen molar-refractivity contribution in [2.24, 2.45) is 0 Å². The van der Waals surface area contributed by atoms with Gasteiger partial charge in [0.2, 0.25) is 0 Å². The quantitative estimate of drug-likeness (QED) is 0.0472. The van der Waals surface area contributed by atoms with Crippen LogP contribution in [0.15, 0.2) is 341 Å². The van der Waals surface area contributed by atoms with Gasteiger partial charge in [-0.2, -0.15) is 0 Å². The van der Waals surface area contributed by atoms with Crippen LogP contribution in [0.25, 0.3) is 45.6 Å². The summed E-state index contributed by atoms with van der Waals surface area (Å²) in [6.07, 6.45) is 16.9. The van der Waals surface area contributed by atoms with E-state index in [4.69, 9.17) is 30.6 Å². The molecule has 0 bridgehead atoms. The summed E-state index contributed by atoms with van der Waals surface area (Å²) in [5, 5.41) is 114. The zero-order valence-corrected chi connectivity index (χ0v) is 71.9. The monoisotopic (exact) mass is 2000 g/mol. The molecular formula is C94H94N8O22Tb2. The van der Waals surface area contributed by atoms with E-state index in [2.05, 4.69) is 39.9 Å². The molecule has 14 aromatic rings. The molecule has 14 N–H and O–H groups in total. The van der Waals surface area contributed by atoms with Crippen LogP contribution in [-0.4, -0.2) is 128 Å². The number of aromatic nitrogens is 8. The Hall–Kier alpha value is -13.4. The Morgan fingerprint density at radius 3 is 0.365 bits per heavy atom. The first kappa shape index (κ1) is 115. The molecular weight excluding hydrogens is 1910 g/mol. The summed E-state index contributed by atoms with van der Waals surface area (Å²) >= 11 is 0. The first-order valence-electron chi connectivity index (χ1n) is 37.1. The van der Waals surface area contributed by atoms with Gasteiger partial charge in [0.15, 0.2) is 0 Å². The zero-order valence-electron chi connectivity index (χ0n) is 67.6. The SMILES string of the molecule is O.O.O.O.O=C([O-])CCc1ccc(O)cc1.O=C([O-])CCc1ccc(O)cc1.O=C([O-])CCc1ccc(O)cc1.O=C([O-])CCc1ccc(O)cc1.O=C([O-])CCc1ccc(O)cc1.O=C([O-])CCc1ccc(O)cc1.[Tb+3].[Tb+3].c1ccc(-c2ccccn2)nc1.c1ccc(-c2ccccn2)nc1.c1ccc(-c2ccccn2)nc1.c1ccc(-c2ccccn2)nc1. The molecule has 0 saturated heterocycles. The Morgan fingerprint density at radius 2 is 0.286 bits per heavy atom. The smallest absolute Gasteiger partial charge is 0.550 e. The average Bonchev–Trinajstić information content (AvgIpc) is 0.903. The number of carboxylic acids is 6. The minimum atomic E-state index is -1.05. The van der Waals surface area contributed by atoms with Gasteiger partial charge in [-0.25, -0.2) is 0 Å². The van der Waals surface area contributed by atoms with Crippen LogP contribution in [0.5, 0.6) is 34.5 Å². The second-order valence-corrected chi connectivity index (χ2v) is 25.0. The van der Waals surface area contributed by atoms with Crippen LogP contribution in [0.2, 0.25) is 0 Å². The van der Waals surface area contributed by atoms with Crippen LogP contribution in [0.1, 0.15) is 71.9 Å². The average molecular weight is 2010 g/mol. The molecule has 0 fully saturated rings. The van der Waals surface area contributed by atoms with E-state index in [1.807, 2.05) is 146 Å². The van der Waals surface area contributed by atoms with Crippen LogP contribution in [0.3, 0.4) is 0 Å². The van der Waals surface area contributed by atoms with E-state index in [-0.39, 0.29) is 172 Å². The van der Waals surface area contributed by atoms with Gasteiger partial charge in [-0.3, -0.25) is 39.9 Å². The number of hydrogen-bond donors (Lipinski definition) is 6. The fourth-order valence-electron chi connectivity index (χ4n) is 9.57. The van der Waals surface area contributed by atoms with E-state index in [0.717, 1.165) is 78.9 Å². The number of carbonyl (C=O) groups excluding carboxylic acids is 6. The van der Waals surface area contributed by atoms with Gasteiger partial charge in [0.05, 0.1) is 45.6 Å². The maximum atomic E-state index is 10.1. The van der Waals surface area contributed by atoms with E-state index in [0.29, 0.717) is 38.5 Å². The molecule has 32 heteroatoms. The van der Waals surface area contributed by atoms with Crippen LogP contribution in [0.4, 0.5) is 0 Å². The number of rotatable bonds is 22. The summed E-state index contributed by atoms with van der Waals surface area (Å²) in [5.74, 6) is -5.19.